The second kappa shape index (κ2) is 7.78. The molecule has 0 bridgehead atoms. The van der Waals surface area contributed by atoms with E-state index in [1.165, 1.54) is 44.9 Å². The summed E-state index contributed by atoms with van der Waals surface area (Å²) in [5.41, 5.74) is 0.852. The molecule has 0 spiro atoms. The van der Waals surface area contributed by atoms with Crippen molar-refractivity contribution in [1.29, 1.82) is 0 Å². The minimum atomic E-state index is 0.237. The SMILES string of the molecule is CC[C@@H](CC[C@@]1(C)C[C@@H]1[C@H]1C[C@@H]1CC/C=C\[C@@H]1COC([C@@]2(C)CC2C)=N1)OC. The molecule has 3 aliphatic carbocycles. The molecule has 0 N–H and O–H groups in total. The molecule has 4 rings (SSSR count). The summed E-state index contributed by atoms with van der Waals surface area (Å²) < 4.78 is 11.4. The van der Waals surface area contributed by atoms with Gasteiger partial charge in [0.25, 0.3) is 0 Å². The Hall–Kier alpha value is -0.830. The third kappa shape index (κ3) is 4.20. The summed E-state index contributed by atoms with van der Waals surface area (Å²) in [6.07, 6.45) is 15.6. The van der Waals surface area contributed by atoms with Crippen LogP contribution in [0.25, 0.3) is 0 Å². The quantitative estimate of drug-likeness (QED) is 0.405. The summed E-state index contributed by atoms with van der Waals surface area (Å²) in [6, 6.07) is 0.258. The highest BCUT2D eigenvalue weighted by Gasteiger charge is 2.59. The molecule has 28 heavy (non-hydrogen) atoms. The Kier molecular flexibility index (Phi) is 5.68. The number of allylic oxidation sites excluding steroid dienone is 1. The lowest BCUT2D eigenvalue weighted by Crippen LogP contribution is -2.13. The fourth-order valence-electron chi connectivity index (χ4n) is 5.71. The van der Waals surface area contributed by atoms with E-state index >= 15 is 0 Å². The molecule has 0 amide bonds. The van der Waals surface area contributed by atoms with Crippen LogP contribution in [-0.4, -0.2) is 31.8 Å². The molecule has 3 heteroatoms. The van der Waals surface area contributed by atoms with Crippen molar-refractivity contribution in [1.82, 2.24) is 0 Å². The maximum Gasteiger partial charge on any atom is 0.190 e. The van der Waals surface area contributed by atoms with Crippen molar-refractivity contribution in [3.63, 3.8) is 0 Å². The molecule has 1 aliphatic heterocycles. The van der Waals surface area contributed by atoms with Gasteiger partial charge in [-0.05, 0) is 80.5 Å². The van der Waals surface area contributed by atoms with Crippen LogP contribution in [0.2, 0.25) is 0 Å². The fourth-order valence-corrected chi connectivity index (χ4v) is 5.71. The Morgan fingerprint density at radius 1 is 1.32 bits per heavy atom. The first-order valence-electron chi connectivity index (χ1n) is 11.8. The van der Waals surface area contributed by atoms with Crippen LogP contribution < -0.4 is 0 Å². The normalized spacial score (nSPS) is 45.0. The Labute approximate surface area is 172 Å². The van der Waals surface area contributed by atoms with E-state index in [0.29, 0.717) is 11.5 Å². The number of aliphatic imine (C=N–C) groups is 1. The molecular weight excluding hydrogens is 346 g/mol. The van der Waals surface area contributed by atoms with E-state index in [9.17, 15) is 0 Å². The monoisotopic (exact) mass is 387 g/mol. The van der Waals surface area contributed by atoms with E-state index in [1.54, 1.807) is 0 Å². The van der Waals surface area contributed by atoms with E-state index in [1.807, 2.05) is 7.11 Å². The molecule has 4 aliphatic rings. The minimum absolute atomic E-state index is 0.237. The van der Waals surface area contributed by atoms with Gasteiger partial charge in [-0.25, -0.2) is 4.99 Å². The molecule has 158 valence electrons. The van der Waals surface area contributed by atoms with Gasteiger partial charge < -0.3 is 9.47 Å². The van der Waals surface area contributed by atoms with Gasteiger partial charge >= 0.3 is 0 Å². The molecule has 0 aromatic carbocycles. The van der Waals surface area contributed by atoms with Crippen molar-refractivity contribution >= 4 is 5.90 Å². The summed E-state index contributed by atoms with van der Waals surface area (Å²) in [7, 11) is 1.86. The van der Waals surface area contributed by atoms with E-state index in [-0.39, 0.29) is 11.5 Å². The highest BCUT2D eigenvalue weighted by molar-refractivity contribution is 5.86. The molecule has 0 saturated heterocycles. The number of methoxy groups -OCH3 is 1. The molecule has 1 unspecified atom stereocenters. The van der Waals surface area contributed by atoms with Gasteiger partial charge in [-0.3, -0.25) is 0 Å². The van der Waals surface area contributed by atoms with E-state index < -0.39 is 0 Å². The van der Waals surface area contributed by atoms with Crippen LogP contribution in [0, 0.1) is 34.5 Å². The summed E-state index contributed by atoms with van der Waals surface area (Å²) in [6.45, 7) is 10.1. The third-order valence-corrected chi connectivity index (χ3v) is 8.62. The van der Waals surface area contributed by atoms with Crippen molar-refractivity contribution in [2.75, 3.05) is 13.7 Å². The van der Waals surface area contributed by atoms with Crippen LogP contribution in [0.15, 0.2) is 17.1 Å². The first kappa shape index (κ1) is 20.4. The van der Waals surface area contributed by atoms with Gasteiger partial charge in [0.15, 0.2) is 5.90 Å². The molecule has 0 aromatic heterocycles. The molecule has 1 heterocycles. The van der Waals surface area contributed by atoms with Crippen LogP contribution in [0.4, 0.5) is 0 Å². The van der Waals surface area contributed by atoms with Gasteiger partial charge in [-0.1, -0.05) is 39.8 Å². The van der Waals surface area contributed by atoms with Gasteiger partial charge in [-0.15, -0.1) is 0 Å². The van der Waals surface area contributed by atoms with Crippen LogP contribution in [0.3, 0.4) is 0 Å². The van der Waals surface area contributed by atoms with Crippen molar-refractivity contribution in [3.8, 4) is 0 Å². The average molecular weight is 388 g/mol. The Morgan fingerprint density at radius 3 is 2.79 bits per heavy atom. The molecule has 3 saturated carbocycles. The van der Waals surface area contributed by atoms with Crippen LogP contribution in [-0.2, 0) is 9.47 Å². The predicted molar refractivity (Wildman–Crippen MR) is 116 cm³/mol. The lowest BCUT2D eigenvalue weighted by molar-refractivity contribution is 0.0843. The topological polar surface area (TPSA) is 30.8 Å². The molecular formula is C25H41NO2. The zero-order chi connectivity index (χ0) is 19.9. The lowest BCUT2D eigenvalue weighted by Gasteiger charge is -2.17. The van der Waals surface area contributed by atoms with Gasteiger partial charge in [0.2, 0.25) is 0 Å². The maximum absolute atomic E-state index is 5.88. The number of nitrogens with zero attached hydrogens (tertiary/aromatic N) is 1. The highest BCUT2D eigenvalue weighted by Crippen LogP contribution is 2.67. The number of hydrogen-bond donors (Lipinski definition) is 0. The van der Waals surface area contributed by atoms with Crippen LogP contribution >= 0.6 is 0 Å². The second-order valence-corrected chi connectivity index (χ2v) is 10.8. The van der Waals surface area contributed by atoms with Crippen molar-refractivity contribution in [2.24, 2.45) is 39.5 Å². The largest absolute Gasteiger partial charge is 0.478 e. The first-order valence-corrected chi connectivity index (χ1v) is 11.8. The van der Waals surface area contributed by atoms with Gasteiger partial charge in [0.05, 0.1) is 6.10 Å². The van der Waals surface area contributed by atoms with Gasteiger partial charge in [-0.2, -0.15) is 0 Å². The van der Waals surface area contributed by atoms with E-state index in [4.69, 9.17) is 14.5 Å². The van der Waals surface area contributed by atoms with Crippen LogP contribution in [0.5, 0.6) is 0 Å². The standard InChI is InChI=1S/C25H41NO2/c1-6-20(27-5)11-12-24(3)15-22(24)21-13-18(21)9-7-8-10-19-16-28-23(26-19)25(4)14-17(25)2/h8,10,17-22H,6-7,9,11-16H2,1-5H3/b10-8-/t17?,18-,19+,20-,21-,22+,24-,25-/m0/s1. The van der Waals surface area contributed by atoms with E-state index in [0.717, 1.165) is 42.6 Å². The number of hydrogen-bond acceptors (Lipinski definition) is 3. The third-order valence-electron chi connectivity index (χ3n) is 8.62. The summed E-state index contributed by atoms with van der Waals surface area (Å²) in [4.78, 5) is 4.82. The highest BCUT2D eigenvalue weighted by atomic mass is 16.5. The molecule has 8 atom stereocenters. The first-order chi connectivity index (χ1) is 13.4. The maximum atomic E-state index is 5.88. The Morgan fingerprint density at radius 2 is 2.11 bits per heavy atom. The summed E-state index contributed by atoms with van der Waals surface area (Å²) in [5, 5.41) is 0. The fraction of sp³-hybridized carbons (Fsp3) is 0.880. The molecule has 0 aromatic rings. The molecule has 3 nitrogen and oxygen atoms in total. The number of ether oxygens (including phenoxy) is 2. The Balaban J connectivity index is 1.13. The zero-order valence-electron chi connectivity index (χ0n) is 18.7. The average Bonchev–Trinajstić information content (AvgIpc) is 3.61. The van der Waals surface area contributed by atoms with Crippen molar-refractivity contribution in [2.45, 2.75) is 91.2 Å². The van der Waals surface area contributed by atoms with Crippen molar-refractivity contribution in [3.05, 3.63) is 12.2 Å². The second-order valence-electron chi connectivity index (χ2n) is 10.8. The zero-order valence-corrected chi connectivity index (χ0v) is 18.7. The summed E-state index contributed by atoms with van der Waals surface area (Å²) >= 11 is 0. The summed E-state index contributed by atoms with van der Waals surface area (Å²) in [5.74, 6) is 4.73. The van der Waals surface area contributed by atoms with Crippen molar-refractivity contribution < 1.29 is 9.47 Å². The Bertz CT molecular complexity index is 624. The molecule has 0 radical (unpaired) electrons. The molecule has 3 fully saturated rings. The smallest absolute Gasteiger partial charge is 0.190 e. The minimum Gasteiger partial charge on any atom is -0.478 e. The van der Waals surface area contributed by atoms with E-state index in [2.05, 4.69) is 39.8 Å². The van der Waals surface area contributed by atoms with Gasteiger partial charge in [0.1, 0.15) is 12.6 Å². The predicted octanol–water partition coefficient (Wildman–Crippen LogP) is 6.03. The lowest BCUT2D eigenvalue weighted by atomic mass is 9.94. The van der Waals surface area contributed by atoms with Gasteiger partial charge in [0, 0.05) is 12.5 Å². The number of rotatable bonds is 11. The van der Waals surface area contributed by atoms with Crippen LogP contribution in [0.1, 0.15) is 79.1 Å².